The highest BCUT2D eigenvalue weighted by atomic mass is 32.1. The summed E-state index contributed by atoms with van der Waals surface area (Å²) in [6.07, 6.45) is 0. The predicted octanol–water partition coefficient (Wildman–Crippen LogP) is 2.37. The number of aliphatic hydroxyl groups excluding tert-OH is 1. The summed E-state index contributed by atoms with van der Waals surface area (Å²) in [6.45, 7) is 0.738. The highest BCUT2D eigenvalue weighted by Crippen LogP contribution is 2.22. The molecule has 0 fully saturated rings. The van der Waals surface area contributed by atoms with Crippen LogP contribution in [-0.2, 0) is 24.6 Å². The molecule has 0 aliphatic carbocycles. The standard InChI is InChI=1S/C14H17NO4S/c1-17-8-12-13(7-16)20-14(15-12)9-19-11-5-3-10(18-2)4-6-11/h3-6,16H,7-9H2,1-2H3. The molecule has 1 aromatic heterocycles. The van der Waals surface area contributed by atoms with E-state index in [0.29, 0.717) is 13.2 Å². The maximum absolute atomic E-state index is 9.26. The van der Waals surface area contributed by atoms with Crippen LogP contribution >= 0.6 is 11.3 Å². The van der Waals surface area contributed by atoms with Crippen molar-refractivity contribution in [3.05, 3.63) is 39.8 Å². The van der Waals surface area contributed by atoms with Crippen LogP contribution in [0.3, 0.4) is 0 Å². The largest absolute Gasteiger partial charge is 0.497 e. The van der Waals surface area contributed by atoms with E-state index in [1.807, 2.05) is 24.3 Å². The van der Waals surface area contributed by atoms with Gasteiger partial charge in [-0.2, -0.15) is 0 Å². The molecule has 0 saturated heterocycles. The average molecular weight is 295 g/mol. The van der Waals surface area contributed by atoms with Gasteiger partial charge in [-0.25, -0.2) is 4.98 Å². The number of rotatable bonds is 7. The first-order valence-electron chi connectivity index (χ1n) is 6.11. The summed E-state index contributed by atoms with van der Waals surface area (Å²) in [5.41, 5.74) is 0.772. The zero-order valence-electron chi connectivity index (χ0n) is 11.5. The van der Waals surface area contributed by atoms with E-state index in [0.717, 1.165) is 27.1 Å². The molecular formula is C14H17NO4S. The molecule has 20 heavy (non-hydrogen) atoms. The van der Waals surface area contributed by atoms with Crippen LogP contribution in [0.4, 0.5) is 0 Å². The molecular weight excluding hydrogens is 278 g/mol. The lowest BCUT2D eigenvalue weighted by atomic mass is 10.3. The van der Waals surface area contributed by atoms with Gasteiger partial charge in [-0.15, -0.1) is 11.3 Å². The van der Waals surface area contributed by atoms with Crippen molar-refractivity contribution in [1.29, 1.82) is 0 Å². The molecule has 1 N–H and O–H groups in total. The van der Waals surface area contributed by atoms with Crippen molar-refractivity contribution in [3.63, 3.8) is 0 Å². The van der Waals surface area contributed by atoms with Crippen molar-refractivity contribution in [2.24, 2.45) is 0 Å². The summed E-state index contributed by atoms with van der Waals surface area (Å²) in [4.78, 5) is 5.22. The summed E-state index contributed by atoms with van der Waals surface area (Å²) in [5, 5.41) is 10.1. The van der Waals surface area contributed by atoms with Gasteiger partial charge >= 0.3 is 0 Å². The first kappa shape index (κ1) is 14.8. The number of hydrogen-bond donors (Lipinski definition) is 1. The summed E-state index contributed by atoms with van der Waals surface area (Å²) in [7, 11) is 3.23. The zero-order chi connectivity index (χ0) is 14.4. The third-order valence-corrected chi connectivity index (χ3v) is 3.72. The molecule has 5 nitrogen and oxygen atoms in total. The number of thiazole rings is 1. The molecule has 0 saturated carbocycles. The quantitative estimate of drug-likeness (QED) is 0.849. The Morgan fingerprint density at radius 3 is 2.40 bits per heavy atom. The first-order valence-corrected chi connectivity index (χ1v) is 6.92. The molecule has 0 aliphatic rings. The number of methoxy groups -OCH3 is 2. The van der Waals surface area contributed by atoms with E-state index in [4.69, 9.17) is 14.2 Å². The number of ether oxygens (including phenoxy) is 3. The molecule has 0 bridgehead atoms. The number of benzene rings is 1. The minimum Gasteiger partial charge on any atom is -0.497 e. The van der Waals surface area contributed by atoms with Crippen LogP contribution in [0.15, 0.2) is 24.3 Å². The molecule has 1 heterocycles. The van der Waals surface area contributed by atoms with Crippen molar-refractivity contribution in [3.8, 4) is 11.5 Å². The predicted molar refractivity (Wildman–Crippen MR) is 76.1 cm³/mol. The lowest BCUT2D eigenvalue weighted by molar-refractivity contribution is 0.178. The molecule has 6 heteroatoms. The van der Waals surface area contributed by atoms with Gasteiger partial charge in [-0.1, -0.05) is 0 Å². The van der Waals surface area contributed by atoms with Crippen LogP contribution in [0.2, 0.25) is 0 Å². The number of nitrogens with zero attached hydrogens (tertiary/aromatic N) is 1. The minimum atomic E-state index is -0.0289. The normalized spacial score (nSPS) is 10.6. The van der Waals surface area contributed by atoms with E-state index in [2.05, 4.69) is 4.98 Å². The molecule has 0 radical (unpaired) electrons. The number of hydrogen-bond acceptors (Lipinski definition) is 6. The van der Waals surface area contributed by atoms with Gasteiger partial charge in [0, 0.05) is 7.11 Å². The van der Waals surface area contributed by atoms with Crippen LogP contribution in [0, 0.1) is 0 Å². The van der Waals surface area contributed by atoms with Crippen LogP contribution in [-0.4, -0.2) is 24.3 Å². The Morgan fingerprint density at radius 1 is 1.10 bits per heavy atom. The van der Waals surface area contributed by atoms with Gasteiger partial charge in [0.1, 0.15) is 23.1 Å². The first-order chi connectivity index (χ1) is 9.76. The SMILES string of the molecule is COCc1nc(COc2ccc(OC)cc2)sc1CO. The van der Waals surface area contributed by atoms with E-state index in [1.54, 1.807) is 14.2 Å². The summed E-state index contributed by atoms with van der Waals surface area (Å²) in [5.74, 6) is 1.54. The second kappa shape index (κ2) is 7.23. The third-order valence-electron chi connectivity index (χ3n) is 2.67. The van der Waals surface area contributed by atoms with Gasteiger partial charge < -0.3 is 19.3 Å². The maximum Gasteiger partial charge on any atom is 0.140 e. The highest BCUT2D eigenvalue weighted by molar-refractivity contribution is 7.11. The topological polar surface area (TPSA) is 60.8 Å². The van der Waals surface area contributed by atoms with Crippen molar-refractivity contribution < 1.29 is 19.3 Å². The monoisotopic (exact) mass is 295 g/mol. The molecule has 1 aromatic carbocycles. The second-order valence-electron chi connectivity index (χ2n) is 4.03. The minimum absolute atomic E-state index is 0.0289. The van der Waals surface area contributed by atoms with Gasteiger partial charge in [0.2, 0.25) is 0 Å². The Morgan fingerprint density at radius 2 is 1.80 bits per heavy atom. The van der Waals surface area contributed by atoms with Crippen LogP contribution in [0.25, 0.3) is 0 Å². The zero-order valence-corrected chi connectivity index (χ0v) is 12.3. The molecule has 0 amide bonds. The van der Waals surface area contributed by atoms with Crippen LogP contribution in [0.5, 0.6) is 11.5 Å². The van der Waals surface area contributed by atoms with Crippen molar-refractivity contribution >= 4 is 11.3 Å². The Balaban J connectivity index is 1.99. The summed E-state index contributed by atoms with van der Waals surface area (Å²) < 4.78 is 15.8. The Bertz CT molecular complexity index is 539. The lowest BCUT2D eigenvalue weighted by Gasteiger charge is -2.04. The van der Waals surface area contributed by atoms with Crippen molar-refractivity contribution in [2.45, 2.75) is 19.8 Å². The number of aromatic nitrogens is 1. The van der Waals surface area contributed by atoms with Gasteiger partial charge in [0.05, 0.1) is 30.9 Å². The number of aliphatic hydroxyl groups is 1. The highest BCUT2D eigenvalue weighted by Gasteiger charge is 2.10. The van der Waals surface area contributed by atoms with E-state index < -0.39 is 0 Å². The third kappa shape index (κ3) is 3.69. The molecule has 0 unspecified atom stereocenters. The Labute approximate surface area is 121 Å². The molecule has 0 spiro atoms. The van der Waals surface area contributed by atoms with Crippen LogP contribution in [0.1, 0.15) is 15.6 Å². The van der Waals surface area contributed by atoms with Crippen LogP contribution < -0.4 is 9.47 Å². The second-order valence-corrected chi connectivity index (χ2v) is 5.20. The smallest absolute Gasteiger partial charge is 0.140 e. The molecule has 0 aliphatic heterocycles. The fourth-order valence-corrected chi connectivity index (χ4v) is 2.53. The van der Waals surface area contributed by atoms with E-state index >= 15 is 0 Å². The maximum atomic E-state index is 9.26. The van der Waals surface area contributed by atoms with E-state index in [-0.39, 0.29) is 6.61 Å². The van der Waals surface area contributed by atoms with Gasteiger partial charge in [-0.05, 0) is 24.3 Å². The van der Waals surface area contributed by atoms with Crippen molar-refractivity contribution in [1.82, 2.24) is 4.98 Å². The van der Waals surface area contributed by atoms with Gasteiger partial charge in [0.25, 0.3) is 0 Å². The summed E-state index contributed by atoms with van der Waals surface area (Å²) in [6, 6.07) is 7.37. The molecule has 108 valence electrons. The molecule has 0 atom stereocenters. The van der Waals surface area contributed by atoms with Gasteiger partial charge in [0.15, 0.2) is 0 Å². The fraction of sp³-hybridized carbons (Fsp3) is 0.357. The van der Waals surface area contributed by atoms with E-state index in [9.17, 15) is 5.11 Å². The molecule has 2 aromatic rings. The molecule has 2 rings (SSSR count). The fourth-order valence-electron chi connectivity index (χ4n) is 1.69. The Kier molecular flexibility index (Phi) is 5.34. The summed E-state index contributed by atoms with van der Waals surface area (Å²) >= 11 is 1.44. The lowest BCUT2D eigenvalue weighted by Crippen LogP contribution is -1.96. The van der Waals surface area contributed by atoms with Crippen molar-refractivity contribution in [2.75, 3.05) is 14.2 Å². The Hall–Kier alpha value is -1.63. The van der Waals surface area contributed by atoms with Gasteiger partial charge in [-0.3, -0.25) is 0 Å². The average Bonchev–Trinajstić information content (AvgIpc) is 2.88. The van der Waals surface area contributed by atoms with E-state index in [1.165, 1.54) is 11.3 Å².